The highest BCUT2D eigenvalue weighted by atomic mass is 16.5. The molecule has 1 aromatic rings. The van der Waals surface area contributed by atoms with Crippen LogP contribution in [-0.4, -0.2) is 18.1 Å². The van der Waals surface area contributed by atoms with E-state index in [0.29, 0.717) is 12.6 Å². The highest BCUT2D eigenvalue weighted by Gasteiger charge is 2.11. The fourth-order valence-electron chi connectivity index (χ4n) is 1.66. The molecule has 0 saturated heterocycles. The SMILES string of the molecule is CCOc1cc(C2C=CCCN2)c[nH]1. The highest BCUT2D eigenvalue weighted by Crippen LogP contribution is 2.21. The van der Waals surface area contributed by atoms with Crippen molar-refractivity contribution in [1.82, 2.24) is 10.3 Å². The highest BCUT2D eigenvalue weighted by molar-refractivity contribution is 5.28. The molecule has 0 saturated carbocycles. The molecule has 1 atom stereocenters. The van der Waals surface area contributed by atoms with Crippen molar-refractivity contribution in [2.45, 2.75) is 19.4 Å². The lowest BCUT2D eigenvalue weighted by molar-refractivity contribution is 0.328. The van der Waals surface area contributed by atoms with Gasteiger partial charge in [0.2, 0.25) is 0 Å². The Morgan fingerprint density at radius 1 is 1.57 bits per heavy atom. The quantitative estimate of drug-likeness (QED) is 0.719. The first kappa shape index (κ1) is 9.34. The molecule has 1 unspecified atom stereocenters. The van der Waals surface area contributed by atoms with E-state index >= 15 is 0 Å². The van der Waals surface area contributed by atoms with Gasteiger partial charge in [-0.3, -0.25) is 0 Å². The summed E-state index contributed by atoms with van der Waals surface area (Å²) in [6.45, 7) is 3.74. The normalized spacial score (nSPS) is 21.1. The summed E-state index contributed by atoms with van der Waals surface area (Å²) in [5.41, 5.74) is 1.24. The zero-order valence-electron chi connectivity index (χ0n) is 8.42. The van der Waals surface area contributed by atoms with Crippen LogP contribution in [0.25, 0.3) is 0 Å². The van der Waals surface area contributed by atoms with Crippen molar-refractivity contribution in [2.75, 3.05) is 13.2 Å². The summed E-state index contributed by atoms with van der Waals surface area (Å²) < 4.78 is 5.37. The second-order valence-electron chi connectivity index (χ2n) is 3.38. The molecular weight excluding hydrogens is 176 g/mol. The second kappa shape index (κ2) is 4.33. The number of hydrogen-bond acceptors (Lipinski definition) is 2. The fraction of sp³-hybridized carbons (Fsp3) is 0.455. The number of aromatic amines is 1. The number of rotatable bonds is 3. The molecule has 1 aliphatic heterocycles. The summed E-state index contributed by atoms with van der Waals surface area (Å²) in [4.78, 5) is 3.11. The van der Waals surface area contributed by atoms with E-state index in [-0.39, 0.29) is 0 Å². The van der Waals surface area contributed by atoms with Crippen LogP contribution in [0, 0.1) is 0 Å². The van der Waals surface area contributed by atoms with Gasteiger partial charge in [-0.2, -0.15) is 0 Å². The van der Waals surface area contributed by atoms with E-state index in [1.807, 2.05) is 13.1 Å². The van der Waals surface area contributed by atoms with E-state index in [0.717, 1.165) is 18.8 Å². The topological polar surface area (TPSA) is 37.0 Å². The van der Waals surface area contributed by atoms with Gasteiger partial charge in [0.1, 0.15) is 0 Å². The number of aromatic nitrogens is 1. The predicted molar refractivity (Wildman–Crippen MR) is 56.5 cm³/mol. The van der Waals surface area contributed by atoms with Crippen LogP contribution in [0.1, 0.15) is 24.9 Å². The van der Waals surface area contributed by atoms with Gasteiger partial charge < -0.3 is 15.0 Å². The molecule has 2 rings (SSSR count). The van der Waals surface area contributed by atoms with Gasteiger partial charge in [0.05, 0.1) is 12.6 Å². The van der Waals surface area contributed by atoms with Crippen LogP contribution in [0.2, 0.25) is 0 Å². The maximum absolute atomic E-state index is 5.37. The van der Waals surface area contributed by atoms with Crippen molar-refractivity contribution in [3.05, 3.63) is 30.0 Å². The minimum absolute atomic E-state index is 0.342. The fourth-order valence-corrected chi connectivity index (χ4v) is 1.66. The minimum atomic E-state index is 0.342. The van der Waals surface area contributed by atoms with Crippen molar-refractivity contribution < 1.29 is 4.74 Å². The van der Waals surface area contributed by atoms with Gasteiger partial charge in [0.15, 0.2) is 5.88 Å². The zero-order chi connectivity index (χ0) is 9.80. The van der Waals surface area contributed by atoms with Gasteiger partial charge in [-0.25, -0.2) is 0 Å². The standard InChI is InChI=1S/C11H16N2O/c1-2-14-11-7-9(8-13-11)10-5-3-4-6-12-10/h3,5,7-8,10,12-13H,2,4,6H2,1H3. The number of ether oxygens (including phenoxy) is 1. The zero-order valence-corrected chi connectivity index (χ0v) is 8.42. The van der Waals surface area contributed by atoms with E-state index in [9.17, 15) is 0 Å². The molecule has 2 heterocycles. The van der Waals surface area contributed by atoms with E-state index in [1.54, 1.807) is 0 Å². The first-order valence-electron chi connectivity index (χ1n) is 5.11. The molecule has 0 fully saturated rings. The largest absolute Gasteiger partial charge is 0.479 e. The van der Waals surface area contributed by atoms with Crippen LogP contribution in [-0.2, 0) is 0 Å². The minimum Gasteiger partial charge on any atom is -0.479 e. The molecule has 2 N–H and O–H groups in total. The molecule has 3 nitrogen and oxygen atoms in total. The number of nitrogens with one attached hydrogen (secondary N) is 2. The Balaban J connectivity index is 2.07. The van der Waals surface area contributed by atoms with Crippen LogP contribution in [0.15, 0.2) is 24.4 Å². The van der Waals surface area contributed by atoms with Gasteiger partial charge >= 0.3 is 0 Å². The lowest BCUT2D eigenvalue weighted by Gasteiger charge is -2.16. The maximum Gasteiger partial charge on any atom is 0.191 e. The molecule has 76 valence electrons. The Morgan fingerprint density at radius 2 is 2.50 bits per heavy atom. The van der Waals surface area contributed by atoms with Crippen molar-refractivity contribution in [3.8, 4) is 5.88 Å². The van der Waals surface area contributed by atoms with E-state index in [1.165, 1.54) is 5.56 Å². The van der Waals surface area contributed by atoms with Gasteiger partial charge in [-0.15, -0.1) is 0 Å². The second-order valence-corrected chi connectivity index (χ2v) is 3.38. The van der Waals surface area contributed by atoms with Crippen LogP contribution < -0.4 is 10.1 Å². The summed E-state index contributed by atoms with van der Waals surface area (Å²) >= 11 is 0. The van der Waals surface area contributed by atoms with Crippen LogP contribution in [0.5, 0.6) is 5.88 Å². The van der Waals surface area contributed by atoms with E-state index in [2.05, 4.69) is 28.5 Å². The van der Waals surface area contributed by atoms with Crippen molar-refractivity contribution in [2.24, 2.45) is 0 Å². The number of H-pyrrole nitrogens is 1. The van der Waals surface area contributed by atoms with Crippen LogP contribution in [0.3, 0.4) is 0 Å². The van der Waals surface area contributed by atoms with Crippen molar-refractivity contribution >= 4 is 0 Å². The van der Waals surface area contributed by atoms with E-state index < -0.39 is 0 Å². The third-order valence-electron chi connectivity index (χ3n) is 2.34. The Kier molecular flexibility index (Phi) is 2.89. The Morgan fingerprint density at radius 3 is 3.21 bits per heavy atom. The summed E-state index contributed by atoms with van der Waals surface area (Å²) in [6, 6.07) is 2.39. The average Bonchev–Trinajstić information content (AvgIpc) is 2.68. The summed E-state index contributed by atoms with van der Waals surface area (Å²) in [6.07, 6.45) is 7.54. The molecule has 14 heavy (non-hydrogen) atoms. The lowest BCUT2D eigenvalue weighted by atomic mass is 10.1. The molecule has 0 radical (unpaired) electrons. The molecule has 1 aliphatic rings. The first-order chi connectivity index (χ1) is 6.90. The summed E-state index contributed by atoms with van der Waals surface area (Å²) in [5.74, 6) is 0.850. The van der Waals surface area contributed by atoms with Gasteiger partial charge in [0.25, 0.3) is 0 Å². The average molecular weight is 192 g/mol. The molecular formula is C11H16N2O. The van der Waals surface area contributed by atoms with Gasteiger partial charge in [-0.05, 0) is 25.5 Å². The van der Waals surface area contributed by atoms with Crippen molar-refractivity contribution in [1.29, 1.82) is 0 Å². The van der Waals surface area contributed by atoms with Crippen molar-refractivity contribution in [3.63, 3.8) is 0 Å². The van der Waals surface area contributed by atoms with Gasteiger partial charge in [0, 0.05) is 12.3 Å². The smallest absolute Gasteiger partial charge is 0.191 e. The molecule has 0 aliphatic carbocycles. The maximum atomic E-state index is 5.37. The molecule has 0 aromatic carbocycles. The molecule has 1 aromatic heterocycles. The molecule has 0 amide bonds. The van der Waals surface area contributed by atoms with Crippen LogP contribution in [0.4, 0.5) is 0 Å². The summed E-state index contributed by atoms with van der Waals surface area (Å²) in [7, 11) is 0. The monoisotopic (exact) mass is 192 g/mol. The summed E-state index contributed by atoms with van der Waals surface area (Å²) in [5, 5.41) is 3.43. The van der Waals surface area contributed by atoms with E-state index in [4.69, 9.17) is 4.74 Å². The number of hydrogen-bond donors (Lipinski definition) is 2. The third kappa shape index (κ3) is 1.99. The lowest BCUT2D eigenvalue weighted by Crippen LogP contribution is -2.22. The molecule has 0 bridgehead atoms. The third-order valence-corrected chi connectivity index (χ3v) is 2.34. The first-order valence-corrected chi connectivity index (χ1v) is 5.11. The molecule has 3 heteroatoms. The predicted octanol–water partition coefficient (Wildman–Crippen LogP) is 2.00. The molecule has 0 spiro atoms. The Bertz CT molecular complexity index is 317. The Labute approximate surface area is 84.2 Å². The Hall–Kier alpha value is -1.22. The van der Waals surface area contributed by atoms with Crippen LogP contribution >= 0.6 is 0 Å². The van der Waals surface area contributed by atoms with Gasteiger partial charge in [-0.1, -0.05) is 12.2 Å².